The van der Waals surface area contributed by atoms with Crippen LogP contribution in [0, 0.1) is 0 Å². The molecule has 0 radical (unpaired) electrons. The van der Waals surface area contributed by atoms with Crippen molar-refractivity contribution >= 4 is 17.7 Å². The number of aromatic nitrogens is 4. The molecule has 1 amide bonds. The smallest absolute Gasteiger partial charge is 0.233 e. The van der Waals surface area contributed by atoms with Gasteiger partial charge in [0, 0.05) is 13.1 Å². The molecule has 2 aromatic rings. The van der Waals surface area contributed by atoms with Crippen molar-refractivity contribution < 1.29 is 14.3 Å². The summed E-state index contributed by atoms with van der Waals surface area (Å²) in [7, 11) is 0. The maximum Gasteiger partial charge on any atom is 0.233 e. The van der Waals surface area contributed by atoms with Gasteiger partial charge in [0.2, 0.25) is 17.9 Å². The second-order valence-corrected chi connectivity index (χ2v) is 6.96. The summed E-state index contributed by atoms with van der Waals surface area (Å²) < 4.78 is 12.5. The Morgan fingerprint density at radius 2 is 2.20 bits per heavy atom. The van der Waals surface area contributed by atoms with Crippen LogP contribution >= 0.6 is 11.8 Å². The molecule has 1 saturated carbocycles. The third-order valence-electron chi connectivity index (χ3n) is 4.22. The highest BCUT2D eigenvalue weighted by molar-refractivity contribution is 7.99. The molecule has 0 atom stereocenters. The summed E-state index contributed by atoms with van der Waals surface area (Å²) >= 11 is 1.40. The van der Waals surface area contributed by atoms with Crippen LogP contribution in [0.25, 0.3) is 0 Å². The standard InChI is InChI=1S/C16H19N5O3S/c1-2-20(8-11-3-6-13-14(7-11)24-10-23-13)15(22)9-25-16-17-18-19-21(16)12-4-5-12/h3,6-7,12H,2,4-5,8-10H2,1H3. The average molecular weight is 361 g/mol. The average Bonchev–Trinajstić information content (AvgIpc) is 3.18. The molecule has 1 aliphatic heterocycles. The van der Waals surface area contributed by atoms with Gasteiger partial charge in [-0.2, -0.15) is 0 Å². The van der Waals surface area contributed by atoms with Gasteiger partial charge in [-0.15, -0.1) is 5.10 Å². The van der Waals surface area contributed by atoms with Crippen molar-refractivity contribution in [2.45, 2.75) is 37.5 Å². The van der Waals surface area contributed by atoms with Gasteiger partial charge >= 0.3 is 0 Å². The summed E-state index contributed by atoms with van der Waals surface area (Å²) in [6.45, 7) is 3.41. The molecule has 4 rings (SSSR count). The molecule has 1 fully saturated rings. The van der Waals surface area contributed by atoms with Crippen LogP contribution in [0.15, 0.2) is 23.4 Å². The Kier molecular flexibility index (Phi) is 4.48. The van der Waals surface area contributed by atoms with Crippen LogP contribution in [0.1, 0.15) is 31.4 Å². The Hall–Kier alpha value is -2.29. The number of tetrazole rings is 1. The van der Waals surface area contributed by atoms with Crippen LogP contribution in [-0.4, -0.2) is 50.1 Å². The molecule has 8 nitrogen and oxygen atoms in total. The molecule has 0 unspecified atom stereocenters. The van der Waals surface area contributed by atoms with E-state index in [1.165, 1.54) is 11.8 Å². The van der Waals surface area contributed by atoms with Crippen LogP contribution in [0.4, 0.5) is 0 Å². The van der Waals surface area contributed by atoms with E-state index in [1.807, 2.05) is 34.7 Å². The molecule has 25 heavy (non-hydrogen) atoms. The Bertz CT molecular complexity index is 777. The first kappa shape index (κ1) is 16.2. The number of fused-ring (bicyclic) bond motifs is 1. The molecule has 0 saturated heterocycles. The number of benzene rings is 1. The van der Waals surface area contributed by atoms with Gasteiger partial charge in [0.05, 0.1) is 11.8 Å². The van der Waals surface area contributed by atoms with Crippen LogP contribution in [0.2, 0.25) is 0 Å². The number of amides is 1. The van der Waals surface area contributed by atoms with Gasteiger partial charge in [-0.05, 0) is 47.9 Å². The Morgan fingerprint density at radius 3 is 3.00 bits per heavy atom. The normalized spacial score (nSPS) is 15.4. The van der Waals surface area contributed by atoms with Crippen molar-refractivity contribution in [1.29, 1.82) is 0 Å². The molecule has 0 bridgehead atoms. The highest BCUT2D eigenvalue weighted by Crippen LogP contribution is 2.36. The number of nitrogens with zero attached hydrogens (tertiary/aromatic N) is 5. The lowest BCUT2D eigenvalue weighted by atomic mass is 10.2. The molecule has 1 aromatic heterocycles. The third kappa shape index (κ3) is 3.55. The minimum absolute atomic E-state index is 0.0653. The number of ether oxygens (including phenoxy) is 2. The number of hydrogen-bond donors (Lipinski definition) is 0. The van der Waals surface area contributed by atoms with Crippen molar-refractivity contribution in [3.63, 3.8) is 0 Å². The van der Waals surface area contributed by atoms with Crippen LogP contribution in [0.3, 0.4) is 0 Å². The van der Waals surface area contributed by atoms with E-state index in [1.54, 1.807) is 0 Å². The topological polar surface area (TPSA) is 82.4 Å². The SMILES string of the molecule is CCN(Cc1ccc2c(c1)OCO2)C(=O)CSc1nnnn1C1CC1. The molecule has 9 heteroatoms. The number of rotatable bonds is 7. The van der Waals surface area contributed by atoms with Crippen molar-refractivity contribution in [2.75, 3.05) is 19.1 Å². The van der Waals surface area contributed by atoms with Crippen molar-refractivity contribution in [1.82, 2.24) is 25.1 Å². The predicted octanol–water partition coefficient (Wildman–Crippen LogP) is 1.88. The monoisotopic (exact) mass is 361 g/mol. The first-order valence-electron chi connectivity index (χ1n) is 8.31. The number of thioether (sulfide) groups is 1. The Labute approximate surface area is 149 Å². The Balaban J connectivity index is 1.36. The van der Waals surface area contributed by atoms with Gasteiger partial charge in [0.15, 0.2) is 11.5 Å². The van der Waals surface area contributed by atoms with E-state index in [0.29, 0.717) is 24.9 Å². The zero-order valence-corrected chi connectivity index (χ0v) is 14.7. The fraction of sp³-hybridized carbons (Fsp3) is 0.500. The lowest BCUT2D eigenvalue weighted by Crippen LogP contribution is -2.31. The molecule has 132 valence electrons. The van der Waals surface area contributed by atoms with Crippen molar-refractivity contribution in [2.24, 2.45) is 0 Å². The maximum absolute atomic E-state index is 12.6. The second kappa shape index (κ2) is 6.91. The lowest BCUT2D eigenvalue weighted by molar-refractivity contribution is -0.128. The summed E-state index contributed by atoms with van der Waals surface area (Å²) in [4.78, 5) is 14.4. The summed E-state index contributed by atoms with van der Waals surface area (Å²) in [5.74, 6) is 1.88. The van der Waals surface area contributed by atoms with Gasteiger partial charge in [0.1, 0.15) is 0 Å². The predicted molar refractivity (Wildman–Crippen MR) is 90.5 cm³/mol. The molecule has 2 aliphatic rings. The molecule has 0 N–H and O–H groups in total. The molecule has 1 aromatic carbocycles. The summed E-state index contributed by atoms with van der Waals surface area (Å²) in [5.41, 5.74) is 1.02. The highest BCUT2D eigenvalue weighted by Gasteiger charge is 2.28. The van der Waals surface area contributed by atoms with Gasteiger partial charge in [-0.25, -0.2) is 4.68 Å². The Morgan fingerprint density at radius 1 is 1.36 bits per heavy atom. The molecule has 2 heterocycles. The maximum atomic E-state index is 12.6. The largest absolute Gasteiger partial charge is 0.454 e. The molecular weight excluding hydrogens is 342 g/mol. The molecular formula is C16H19N5O3S. The van der Waals surface area contributed by atoms with Crippen LogP contribution in [-0.2, 0) is 11.3 Å². The highest BCUT2D eigenvalue weighted by atomic mass is 32.2. The third-order valence-corrected chi connectivity index (χ3v) is 5.14. The van der Waals surface area contributed by atoms with E-state index in [0.717, 1.165) is 35.1 Å². The lowest BCUT2D eigenvalue weighted by Gasteiger charge is -2.21. The minimum atomic E-state index is 0.0653. The molecule has 0 spiro atoms. The van der Waals surface area contributed by atoms with Crippen LogP contribution in [0.5, 0.6) is 11.5 Å². The van der Waals surface area contributed by atoms with E-state index in [9.17, 15) is 4.79 Å². The first-order valence-corrected chi connectivity index (χ1v) is 9.30. The van der Waals surface area contributed by atoms with E-state index < -0.39 is 0 Å². The minimum Gasteiger partial charge on any atom is -0.454 e. The summed E-state index contributed by atoms with van der Waals surface area (Å²) in [6, 6.07) is 6.18. The number of carbonyl (C=O) groups excluding carboxylic acids is 1. The summed E-state index contributed by atoms with van der Waals surface area (Å²) in [6.07, 6.45) is 2.22. The van der Waals surface area contributed by atoms with Crippen molar-refractivity contribution in [3.05, 3.63) is 23.8 Å². The van der Waals surface area contributed by atoms with Gasteiger partial charge in [-0.3, -0.25) is 4.79 Å². The quantitative estimate of drug-likeness (QED) is 0.696. The fourth-order valence-corrected chi connectivity index (χ4v) is 3.53. The fourth-order valence-electron chi connectivity index (χ4n) is 2.68. The summed E-state index contributed by atoms with van der Waals surface area (Å²) in [5, 5.41) is 12.5. The first-order chi connectivity index (χ1) is 12.2. The number of hydrogen-bond acceptors (Lipinski definition) is 7. The molecule has 1 aliphatic carbocycles. The second-order valence-electron chi connectivity index (χ2n) is 6.02. The zero-order valence-electron chi connectivity index (χ0n) is 13.9. The van der Waals surface area contributed by atoms with Gasteiger partial charge < -0.3 is 14.4 Å². The van der Waals surface area contributed by atoms with E-state index in [4.69, 9.17) is 9.47 Å². The van der Waals surface area contributed by atoms with Gasteiger partial charge in [-0.1, -0.05) is 17.8 Å². The van der Waals surface area contributed by atoms with Crippen molar-refractivity contribution in [3.8, 4) is 11.5 Å². The number of carbonyl (C=O) groups is 1. The van der Waals surface area contributed by atoms with Crippen LogP contribution < -0.4 is 9.47 Å². The van der Waals surface area contributed by atoms with E-state index in [-0.39, 0.29) is 12.7 Å². The van der Waals surface area contributed by atoms with E-state index >= 15 is 0 Å². The van der Waals surface area contributed by atoms with Gasteiger partial charge in [0.25, 0.3) is 0 Å². The van der Waals surface area contributed by atoms with E-state index in [2.05, 4.69) is 15.5 Å². The zero-order chi connectivity index (χ0) is 17.2.